The van der Waals surface area contributed by atoms with Crippen LogP contribution in [-0.4, -0.2) is 62.1 Å². The van der Waals surface area contributed by atoms with Crippen LogP contribution in [0.5, 0.6) is 0 Å². The van der Waals surface area contributed by atoms with Crippen LogP contribution in [0.15, 0.2) is 12.7 Å². The second-order valence-electron chi connectivity index (χ2n) is 5.45. The van der Waals surface area contributed by atoms with Crippen LogP contribution in [0.25, 0.3) is 0 Å². The molecule has 18 heavy (non-hydrogen) atoms. The minimum absolute atomic E-state index is 0.301. The van der Waals surface area contributed by atoms with E-state index in [1.54, 1.807) is 7.11 Å². The Morgan fingerprint density at radius 3 is 3.00 bits per heavy atom. The van der Waals surface area contributed by atoms with Crippen LogP contribution in [0.3, 0.4) is 0 Å². The summed E-state index contributed by atoms with van der Waals surface area (Å²) in [6.07, 6.45) is 3.77. The van der Waals surface area contributed by atoms with Gasteiger partial charge < -0.3 is 14.5 Å². The summed E-state index contributed by atoms with van der Waals surface area (Å²) in [6, 6.07) is 0. The molecule has 0 spiro atoms. The molecule has 0 aromatic carbocycles. The Hall–Kier alpha value is -0.870. The van der Waals surface area contributed by atoms with Gasteiger partial charge in [0.25, 0.3) is 0 Å². The van der Waals surface area contributed by atoms with E-state index in [1.165, 1.54) is 6.42 Å². The van der Waals surface area contributed by atoms with Crippen molar-refractivity contribution in [1.29, 1.82) is 0 Å². The van der Waals surface area contributed by atoms with Crippen molar-refractivity contribution in [2.45, 2.75) is 12.8 Å². The van der Waals surface area contributed by atoms with Crippen molar-refractivity contribution in [2.24, 2.45) is 11.8 Å². The van der Waals surface area contributed by atoms with E-state index in [1.807, 2.05) is 11.0 Å². The molecule has 0 radical (unpaired) electrons. The van der Waals surface area contributed by atoms with E-state index in [-0.39, 0.29) is 0 Å². The average molecular weight is 252 g/mol. The number of hydrogen-bond donors (Lipinski definition) is 0. The predicted octanol–water partition coefficient (Wildman–Crippen LogP) is 0.989. The predicted molar refractivity (Wildman–Crippen MR) is 71.3 cm³/mol. The monoisotopic (exact) mass is 252 g/mol. The first-order chi connectivity index (χ1) is 8.72. The summed E-state index contributed by atoms with van der Waals surface area (Å²) < 4.78 is 5.10. The number of amides is 1. The fourth-order valence-electron chi connectivity index (χ4n) is 2.93. The highest BCUT2D eigenvalue weighted by Crippen LogP contribution is 2.23. The van der Waals surface area contributed by atoms with Gasteiger partial charge in [0.05, 0.1) is 6.61 Å². The lowest BCUT2D eigenvalue weighted by Gasteiger charge is -2.21. The molecule has 0 aliphatic carbocycles. The number of carbonyl (C=O) groups excluding carboxylic acids is 1. The van der Waals surface area contributed by atoms with Crippen LogP contribution >= 0.6 is 0 Å². The Kier molecular flexibility index (Phi) is 4.78. The maximum absolute atomic E-state index is 11.8. The molecule has 0 saturated carbocycles. The standard InChI is InChI=1S/C14H24N2O2/c1-3-12-8-14(17)16(10-12)11-13-4-5-15(9-13)6-7-18-2/h3,12-13H,1,4-11H2,2H3. The molecule has 2 rings (SSSR count). The summed E-state index contributed by atoms with van der Waals surface area (Å²) in [5.41, 5.74) is 0. The summed E-state index contributed by atoms with van der Waals surface area (Å²) in [4.78, 5) is 16.3. The van der Waals surface area contributed by atoms with Crippen LogP contribution < -0.4 is 0 Å². The first kappa shape index (κ1) is 13.6. The molecule has 2 unspecified atom stereocenters. The van der Waals surface area contributed by atoms with Crippen LogP contribution in [0.1, 0.15) is 12.8 Å². The molecule has 4 heteroatoms. The van der Waals surface area contributed by atoms with Gasteiger partial charge in [-0.1, -0.05) is 6.08 Å². The summed E-state index contributed by atoms with van der Waals surface area (Å²) in [7, 11) is 1.74. The third-order valence-corrected chi connectivity index (χ3v) is 4.04. The lowest BCUT2D eigenvalue weighted by molar-refractivity contribution is -0.128. The van der Waals surface area contributed by atoms with Crippen LogP contribution in [-0.2, 0) is 9.53 Å². The van der Waals surface area contributed by atoms with Gasteiger partial charge in [0.1, 0.15) is 0 Å². The van der Waals surface area contributed by atoms with E-state index in [2.05, 4.69) is 11.5 Å². The summed E-state index contributed by atoms with van der Waals surface area (Å²) in [6.45, 7) is 9.64. The van der Waals surface area contributed by atoms with E-state index >= 15 is 0 Å². The van der Waals surface area contributed by atoms with Crippen molar-refractivity contribution in [3.05, 3.63) is 12.7 Å². The molecule has 2 aliphatic rings. The van der Waals surface area contributed by atoms with E-state index in [0.29, 0.717) is 24.2 Å². The fourth-order valence-corrected chi connectivity index (χ4v) is 2.93. The molecule has 0 aromatic rings. The first-order valence-corrected chi connectivity index (χ1v) is 6.84. The summed E-state index contributed by atoms with van der Waals surface area (Å²) >= 11 is 0. The minimum Gasteiger partial charge on any atom is -0.383 e. The van der Waals surface area contributed by atoms with E-state index < -0.39 is 0 Å². The lowest BCUT2D eigenvalue weighted by Crippen LogP contribution is -2.33. The van der Waals surface area contributed by atoms with Crippen molar-refractivity contribution in [2.75, 3.05) is 46.4 Å². The van der Waals surface area contributed by atoms with Gasteiger partial charge in [-0.15, -0.1) is 6.58 Å². The Morgan fingerprint density at radius 2 is 2.33 bits per heavy atom. The Morgan fingerprint density at radius 1 is 1.50 bits per heavy atom. The molecular formula is C14H24N2O2. The average Bonchev–Trinajstić information content (AvgIpc) is 2.95. The normalized spacial score (nSPS) is 29.2. The highest BCUT2D eigenvalue weighted by molar-refractivity contribution is 5.79. The van der Waals surface area contributed by atoms with E-state index in [9.17, 15) is 4.79 Å². The third-order valence-electron chi connectivity index (χ3n) is 4.04. The number of hydrogen-bond acceptors (Lipinski definition) is 3. The topological polar surface area (TPSA) is 32.8 Å². The molecule has 0 aromatic heterocycles. The maximum atomic E-state index is 11.8. The molecule has 102 valence electrons. The zero-order chi connectivity index (χ0) is 13.0. The SMILES string of the molecule is C=CC1CC(=O)N(CC2CCN(CCOC)C2)C1. The Bertz CT molecular complexity index is 306. The van der Waals surface area contributed by atoms with Gasteiger partial charge in [0.2, 0.25) is 5.91 Å². The van der Waals surface area contributed by atoms with Gasteiger partial charge in [-0.25, -0.2) is 0 Å². The Balaban J connectivity index is 1.74. The van der Waals surface area contributed by atoms with Crippen molar-refractivity contribution < 1.29 is 9.53 Å². The van der Waals surface area contributed by atoms with Gasteiger partial charge in [0, 0.05) is 45.6 Å². The molecule has 2 saturated heterocycles. The molecule has 0 bridgehead atoms. The summed E-state index contributed by atoms with van der Waals surface area (Å²) in [5.74, 6) is 1.30. The summed E-state index contributed by atoms with van der Waals surface area (Å²) in [5, 5.41) is 0. The highest BCUT2D eigenvalue weighted by atomic mass is 16.5. The Labute approximate surface area is 110 Å². The largest absolute Gasteiger partial charge is 0.383 e. The van der Waals surface area contributed by atoms with Gasteiger partial charge in [-0.2, -0.15) is 0 Å². The van der Waals surface area contributed by atoms with Gasteiger partial charge in [0.15, 0.2) is 0 Å². The van der Waals surface area contributed by atoms with Gasteiger partial charge in [-0.05, 0) is 18.9 Å². The van der Waals surface area contributed by atoms with Crippen molar-refractivity contribution in [3.8, 4) is 0 Å². The van der Waals surface area contributed by atoms with Gasteiger partial charge in [-0.3, -0.25) is 4.79 Å². The highest BCUT2D eigenvalue weighted by Gasteiger charge is 2.31. The zero-order valence-electron chi connectivity index (χ0n) is 11.3. The van der Waals surface area contributed by atoms with Crippen molar-refractivity contribution in [3.63, 3.8) is 0 Å². The fraction of sp³-hybridized carbons (Fsp3) is 0.786. The number of rotatable bonds is 6. The zero-order valence-corrected chi connectivity index (χ0v) is 11.3. The second kappa shape index (κ2) is 6.34. The minimum atomic E-state index is 0.301. The second-order valence-corrected chi connectivity index (χ2v) is 5.45. The quantitative estimate of drug-likeness (QED) is 0.661. The van der Waals surface area contributed by atoms with Crippen LogP contribution in [0.4, 0.5) is 0 Å². The smallest absolute Gasteiger partial charge is 0.223 e. The van der Waals surface area contributed by atoms with Crippen LogP contribution in [0, 0.1) is 11.8 Å². The lowest BCUT2D eigenvalue weighted by atomic mass is 10.1. The third kappa shape index (κ3) is 3.33. The van der Waals surface area contributed by atoms with Gasteiger partial charge >= 0.3 is 0 Å². The number of nitrogens with zero attached hydrogens (tertiary/aromatic N) is 2. The number of methoxy groups -OCH3 is 1. The maximum Gasteiger partial charge on any atom is 0.223 e. The first-order valence-electron chi connectivity index (χ1n) is 6.84. The molecule has 2 atom stereocenters. The number of ether oxygens (including phenoxy) is 1. The molecule has 2 fully saturated rings. The number of carbonyl (C=O) groups is 1. The number of likely N-dealkylation sites (tertiary alicyclic amines) is 2. The van der Waals surface area contributed by atoms with E-state index in [4.69, 9.17) is 4.74 Å². The van der Waals surface area contributed by atoms with E-state index in [0.717, 1.165) is 39.3 Å². The van der Waals surface area contributed by atoms with Crippen molar-refractivity contribution in [1.82, 2.24) is 9.80 Å². The molecule has 4 nitrogen and oxygen atoms in total. The molecule has 2 heterocycles. The van der Waals surface area contributed by atoms with Crippen molar-refractivity contribution >= 4 is 5.91 Å². The molecule has 0 N–H and O–H groups in total. The molecular weight excluding hydrogens is 228 g/mol. The molecule has 1 amide bonds. The van der Waals surface area contributed by atoms with Crippen LogP contribution in [0.2, 0.25) is 0 Å². The molecule has 2 aliphatic heterocycles.